The molecule has 0 radical (unpaired) electrons. The minimum Gasteiger partial charge on any atom is -0.493 e. The molecule has 7 nitrogen and oxygen atoms in total. The van der Waals surface area contributed by atoms with E-state index in [-0.39, 0.29) is 30.3 Å². The molecule has 168 valence electrons. The van der Waals surface area contributed by atoms with E-state index in [4.69, 9.17) is 27.5 Å². The maximum atomic E-state index is 13.0. The number of carbonyl (C=O) groups is 1. The number of hydrogen-bond donors (Lipinski definition) is 2. The third kappa shape index (κ3) is 5.16. The zero-order valence-electron chi connectivity index (χ0n) is 17.7. The summed E-state index contributed by atoms with van der Waals surface area (Å²) in [5.41, 5.74) is 1.89. The van der Waals surface area contributed by atoms with Gasteiger partial charge in [0, 0.05) is 23.1 Å². The number of thioether (sulfide) groups is 1. The summed E-state index contributed by atoms with van der Waals surface area (Å²) in [7, 11) is 1.52. The number of rotatable bonds is 7. The topological polar surface area (TPSA) is 93.3 Å². The minimum absolute atomic E-state index is 0.102. The number of H-pyrrole nitrogens is 1. The van der Waals surface area contributed by atoms with Crippen LogP contribution >= 0.6 is 23.4 Å². The van der Waals surface area contributed by atoms with Gasteiger partial charge >= 0.3 is 0 Å². The van der Waals surface area contributed by atoms with Crippen LogP contribution < -0.4 is 20.3 Å². The molecule has 1 aromatic heterocycles. The fourth-order valence-electron chi connectivity index (χ4n) is 3.58. The highest BCUT2D eigenvalue weighted by atomic mass is 35.5. The maximum absolute atomic E-state index is 13.0. The van der Waals surface area contributed by atoms with E-state index in [0.717, 1.165) is 11.1 Å². The van der Waals surface area contributed by atoms with Gasteiger partial charge in [-0.25, -0.2) is 4.98 Å². The van der Waals surface area contributed by atoms with Gasteiger partial charge in [-0.2, -0.15) is 0 Å². The van der Waals surface area contributed by atoms with Crippen LogP contribution in [-0.4, -0.2) is 29.6 Å². The van der Waals surface area contributed by atoms with E-state index in [2.05, 4.69) is 21.2 Å². The molecule has 0 bridgehead atoms. The number of fused-ring (bicyclic) bond motifs is 1. The molecule has 0 fully saturated rings. The quantitative estimate of drug-likeness (QED) is 0.298. The first kappa shape index (κ1) is 22.8. The standard InChI is InChI=1S/C24H20ClN3O4S/c1-3-10-32-18-9-6-15(11-19(18)31-2)17-12-20(29)26-22-21(17)23(30)28-24(27-22)33-13-14-4-7-16(25)8-5-14/h1,4-9,11,17H,10,12-13H2,2H3,(H2,26,27,28,29,30). The number of terminal acetylenes is 1. The zero-order chi connectivity index (χ0) is 23.4. The molecule has 0 saturated carbocycles. The van der Waals surface area contributed by atoms with Crippen LogP contribution in [0, 0.1) is 12.3 Å². The second-order valence-electron chi connectivity index (χ2n) is 7.26. The van der Waals surface area contributed by atoms with Crippen LogP contribution in [0.2, 0.25) is 5.02 Å². The number of nitrogens with one attached hydrogen (secondary N) is 2. The summed E-state index contributed by atoms with van der Waals surface area (Å²) in [5, 5.41) is 3.81. The van der Waals surface area contributed by atoms with Gasteiger partial charge in [0.2, 0.25) is 5.91 Å². The number of hydrogen-bond acceptors (Lipinski definition) is 6. The Kier molecular flexibility index (Phi) is 6.92. The summed E-state index contributed by atoms with van der Waals surface area (Å²) in [6, 6.07) is 12.7. The van der Waals surface area contributed by atoms with Gasteiger partial charge in [-0.1, -0.05) is 47.5 Å². The van der Waals surface area contributed by atoms with E-state index >= 15 is 0 Å². The first-order chi connectivity index (χ1) is 16.0. The van der Waals surface area contributed by atoms with Crippen molar-refractivity contribution in [3.05, 3.63) is 74.5 Å². The number of carbonyl (C=O) groups excluding carboxylic acids is 1. The second kappa shape index (κ2) is 10.0. The SMILES string of the molecule is C#CCOc1ccc(C2CC(=O)Nc3nc(SCc4ccc(Cl)cc4)[nH]c(=O)c32)cc1OC. The fraction of sp³-hybridized carbons (Fsp3) is 0.208. The van der Waals surface area contributed by atoms with Crippen LogP contribution in [0.15, 0.2) is 52.4 Å². The highest BCUT2D eigenvalue weighted by molar-refractivity contribution is 7.98. The molecule has 1 aliphatic heterocycles. The molecule has 1 atom stereocenters. The number of benzene rings is 2. The second-order valence-corrected chi connectivity index (χ2v) is 8.66. The average molecular weight is 482 g/mol. The molecule has 0 spiro atoms. The van der Waals surface area contributed by atoms with Crippen molar-refractivity contribution in [2.45, 2.75) is 23.2 Å². The minimum atomic E-state index is -0.476. The predicted octanol–water partition coefficient (Wildman–Crippen LogP) is 4.21. The molecule has 1 aliphatic rings. The molecule has 0 aliphatic carbocycles. The van der Waals surface area contributed by atoms with Crippen LogP contribution in [0.25, 0.3) is 0 Å². The molecule has 2 aromatic carbocycles. The fourth-order valence-corrected chi connectivity index (χ4v) is 4.52. The van der Waals surface area contributed by atoms with Crippen LogP contribution in [-0.2, 0) is 10.5 Å². The van der Waals surface area contributed by atoms with Gasteiger partial charge in [-0.05, 0) is 35.4 Å². The highest BCUT2D eigenvalue weighted by Crippen LogP contribution is 2.38. The van der Waals surface area contributed by atoms with Crippen molar-refractivity contribution >= 4 is 35.1 Å². The Labute approximate surface area is 199 Å². The molecule has 3 aromatic rings. The Morgan fingerprint density at radius 2 is 2.00 bits per heavy atom. The summed E-state index contributed by atoms with van der Waals surface area (Å²) in [4.78, 5) is 32.8. The third-order valence-electron chi connectivity index (χ3n) is 5.12. The summed E-state index contributed by atoms with van der Waals surface area (Å²) in [5.74, 6) is 3.53. The summed E-state index contributed by atoms with van der Waals surface area (Å²) in [6.45, 7) is 0.102. The Hall–Kier alpha value is -3.41. The van der Waals surface area contributed by atoms with Crippen molar-refractivity contribution in [2.24, 2.45) is 0 Å². The van der Waals surface area contributed by atoms with E-state index in [9.17, 15) is 9.59 Å². The van der Waals surface area contributed by atoms with E-state index in [1.807, 2.05) is 24.3 Å². The molecule has 0 saturated heterocycles. The lowest BCUT2D eigenvalue weighted by Crippen LogP contribution is -2.31. The lowest BCUT2D eigenvalue weighted by molar-refractivity contribution is -0.116. The van der Waals surface area contributed by atoms with Crippen LogP contribution in [0.4, 0.5) is 5.82 Å². The normalized spacial score (nSPS) is 14.7. The number of ether oxygens (including phenoxy) is 2. The van der Waals surface area contributed by atoms with Gasteiger partial charge in [-0.3, -0.25) is 9.59 Å². The van der Waals surface area contributed by atoms with Crippen LogP contribution in [0.5, 0.6) is 11.5 Å². The zero-order valence-corrected chi connectivity index (χ0v) is 19.3. The molecule has 2 heterocycles. The molecule has 1 unspecified atom stereocenters. The number of nitrogens with zero attached hydrogens (tertiary/aromatic N) is 1. The highest BCUT2D eigenvalue weighted by Gasteiger charge is 2.31. The summed E-state index contributed by atoms with van der Waals surface area (Å²) < 4.78 is 10.9. The summed E-state index contributed by atoms with van der Waals surface area (Å²) in [6.07, 6.45) is 5.37. The Morgan fingerprint density at radius 1 is 1.21 bits per heavy atom. The first-order valence-electron chi connectivity index (χ1n) is 10.0. The molecule has 4 rings (SSSR count). The first-order valence-corrected chi connectivity index (χ1v) is 11.4. The number of halogens is 1. The average Bonchev–Trinajstić information content (AvgIpc) is 2.81. The molecule has 33 heavy (non-hydrogen) atoms. The third-order valence-corrected chi connectivity index (χ3v) is 6.32. The Bertz CT molecular complexity index is 1280. The molecular formula is C24H20ClN3O4S. The van der Waals surface area contributed by atoms with Gasteiger partial charge < -0.3 is 19.8 Å². The summed E-state index contributed by atoms with van der Waals surface area (Å²) >= 11 is 7.29. The van der Waals surface area contributed by atoms with E-state index in [1.54, 1.807) is 18.2 Å². The number of anilines is 1. The number of methoxy groups -OCH3 is 1. The van der Waals surface area contributed by atoms with Crippen molar-refractivity contribution in [2.75, 3.05) is 19.0 Å². The van der Waals surface area contributed by atoms with E-state index in [1.165, 1.54) is 18.9 Å². The van der Waals surface area contributed by atoms with Gasteiger partial charge in [0.15, 0.2) is 16.7 Å². The van der Waals surface area contributed by atoms with Crippen molar-refractivity contribution in [1.29, 1.82) is 0 Å². The van der Waals surface area contributed by atoms with Gasteiger partial charge in [0.1, 0.15) is 12.4 Å². The number of amides is 1. The van der Waals surface area contributed by atoms with E-state index < -0.39 is 5.92 Å². The van der Waals surface area contributed by atoms with Crippen molar-refractivity contribution in [3.63, 3.8) is 0 Å². The van der Waals surface area contributed by atoms with Crippen LogP contribution in [0.3, 0.4) is 0 Å². The van der Waals surface area contributed by atoms with Crippen molar-refractivity contribution in [1.82, 2.24) is 9.97 Å². The lowest BCUT2D eigenvalue weighted by Gasteiger charge is -2.25. The predicted molar refractivity (Wildman–Crippen MR) is 128 cm³/mol. The Balaban J connectivity index is 1.63. The molecular weight excluding hydrogens is 462 g/mol. The van der Waals surface area contributed by atoms with Gasteiger partial charge in [0.25, 0.3) is 5.56 Å². The molecule has 2 N–H and O–H groups in total. The van der Waals surface area contributed by atoms with Crippen molar-refractivity contribution < 1.29 is 14.3 Å². The van der Waals surface area contributed by atoms with Gasteiger partial charge in [-0.15, -0.1) is 6.42 Å². The Morgan fingerprint density at radius 3 is 2.73 bits per heavy atom. The monoisotopic (exact) mass is 481 g/mol. The molecule has 1 amide bonds. The number of aromatic nitrogens is 2. The van der Waals surface area contributed by atoms with Crippen molar-refractivity contribution in [3.8, 4) is 23.8 Å². The smallest absolute Gasteiger partial charge is 0.257 e. The number of aromatic amines is 1. The van der Waals surface area contributed by atoms with Gasteiger partial charge in [0.05, 0.1) is 12.7 Å². The molecule has 9 heteroatoms. The van der Waals surface area contributed by atoms with E-state index in [0.29, 0.717) is 33.0 Å². The lowest BCUT2D eigenvalue weighted by atomic mass is 9.86. The largest absolute Gasteiger partial charge is 0.493 e. The van der Waals surface area contributed by atoms with Crippen LogP contribution in [0.1, 0.15) is 29.0 Å². The maximum Gasteiger partial charge on any atom is 0.257 e.